The van der Waals surface area contributed by atoms with Crippen molar-refractivity contribution in [3.63, 3.8) is 0 Å². The van der Waals surface area contributed by atoms with Crippen LogP contribution in [-0.4, -0.2) is 34.6 Å². The first-order chi connectivity index (χ1) is 10.2. The topological polar surface area (TPSA) is 76.4 Å². The molecular weight excluding hydrogens is 270 g/mol. The van der Waals surface area contributed by atoms with E-state index in [9.17, 15) is 9.90 Å². The molecule has 1 heterocycles. The molecule has 112 valence electrons. The third-order valence-corrected chi connectivity index (χ3v) is 3.10. The summed E-state index contributed by atoms with van der Waals surface area (Å²) < 4.78 is 6.76. The Morgan fingerprint density at radius 2 is 2.19 bits per heavy atom. The average Bonchev–Trinajstić information content (AvgIpc) is 2.94. The van der Waals surface area contributed by atoms with Gasteiger partial charge >= 0.3 is 5.97 Å². The highest BCUT2D eigenvalue weighted by Crippen LogP contribution is 2.13. The van der Waals surface area contributed by atoms with Gasteiger partial charge in [-0.05, 0) is 5.56 Å². The SMILES string of the molecule is COCCn1cc(CN[C@H](C(=O)O)c2ccccc2)cn1. The summed E-state index contributed by atoms with van der Waals surface area (Å²) in [5.41, 5.74) is 1.67. The zero-order valence-electron chi connectivity index (χ0n) is 11.9. The second-order valence-electron chi connectivity index (χ2n) is 4.67. The van der Waals surface area contributed by atoms with E-state index in [1.165, 1.54) is 0 Å². The average molecular weight is 289 g/mol. The number of methoxy groups -OCH3 is 1. The van der Waals surface area contributed by atoms with Crippen LogP contribution in [0.1, 0.15) is 17.2 Å². The van der Waals surface area contributed by atoms with Crippen molar-refractivity contribution in [3.05, 3.63) is 53.9 Å². The van der Waals surface area contributed by atoms with Crippen LogP contribution in [0.3, 0.4) is 0 Å². The molecule has 0 aliphatic carbocycles. The maximum Gasteiger partial charge on any atom is 0.325 e. The van der Waals surface area contributed by atoms with Crippen molar-refractivity contribution in [2.75, 3.05) is 13.7 Å². The Bertz CT molecular complexity index is 569. The molecule has 2 aromatic rings. The summed E-state index contributed by atoms with van der Waals surface area (Å²) >= 11 is 0. The van der Waals surface area contributed by atoms with Crippen molar-refractivity contribution in [1.82, 2.24) is 15.1 Å². The molecule has 1 aromatic heterocycles. The van der Waals surface area contributed by atoms with E-state index in [-0.39, 0.29) is 0 Å². The Morgan fingerprint density at radius 3 is 2.86 bits per heavy atom. The third kappa shape index (κ3) is 4.40. The molecule has 2 N–H and O–H groups in total. The van der Waals surface area contributed by atoms with Crippen molar-refractivity contribution in [3.8, 4) is 0 Å². The van der Waals surface area contributed by atoms with Crippen LogP contribution < -0.4 is 5.32 Å². The summed E-state index contributed by atoms with van der Waals surface area (Å²) in [5.74, 6) is -0.895. The van der Waals surface area contributed by atoms with Crippen LogP contribution in [0.15, 0.2) is 42.7 Å². The third-order valence-electron chi connectivity index (χ3n) is 3.10. The summed E-state index contributed by atoms with van der Waals surface area (Å²) in [6.45, 7) is 1.71. The smallest absolute Gasteiger partial charge is 0.325 e. The second-order valence-corrected chi connectivity index (χ2v) is 4.67. The molecule has 6 heteroatoms. The molecule has 6 nitrogen and oxygen atoms in total. The monoisotopic (exact) mass is 289 g/mol. The lowest BCUT2D eigenvalue weighted by Gasteiger charge is -2.14. The lowest BCUT2D eigenvalue weighted by Crippen LogP contribution is -2.27. The second kappa shape index (κ2) is 7.56. The van der Waals surface area contributed by atoms with Crippen LogP contribution in [0, 0.1) is 0 Å². The van der Waals surface area contributed by atoms with Gasteiger partial charge in [0.05, 0.1) is 19.3 Å². The Kier molecular flexibility index (Phi) is 5.48. The molecule has 1 atom stereocenters. The number of aliphatic carboxylic acids is 1. The molecule has 0 spiro atoms. The largest absolute Gasteiger partial charge is 0.480 e. The molecule has 0 unspecified atom stereocenters. The Balaban J connectivity index is 1.96. The number of hydrogen-bond acceptors (Lipinski definition) is 4. The maximum atomic E-state index is 11.4. The number of carboxylic acid groups (broad SMARTS) is 1. The minimum atomic E-state index is -0.895. The van der Waals surface area contributed by atoms with E-state index in [0.717, 1.165) is 11.1 Å². The van der Waals surface area contributed by atoms with Crippen molar-refractivity contribution in [2.45, 2.75) is 19.1 Å². The van der Waals surface area contributed by atoms with Crippen molar-refractivity contribution in [1.29, 1.82) is 0 Å². The minimum absolute atomic E-state index is 0.443. The number of aromatic nitrogens is 2. The first-order valence-corrected chi connectivity index (χ1v) is 6.72. The quantitative estimate of drug-likeness (QED) is 0.769. The molecule has 2 rings (SSSR count). The summed E-state index contributed by atoms with van der Waals surface area (Å²) in [5, 5.41) is 16.6. The molecule has 0 fully saturated rings. The molecule has 0 amide bonds. The molecule has 0 aliphatic rings. The summed E-state index contributed by atoms with van der Waals surface area (Å²) in [4.78, 5) is 11.4. The van der Waals surface area contributed by atoms with Crippen LogP contribution in [0.5, 0.6) is 0 Å². The number of carboxylic acids is 1. The van der Waals surface area contributed by atoms with Crippen LogP contribution >= 0.6 is 0 Å². The van der Waals surface area contributed by atoms with Gasteiger partial charge in [-0.15, -0.1) is 0 Å². The van der Waals surface area contributed by atoms with Crippen LogP contribution in [0.25, 0.3) is 0 Å². The van der Waals surface area contributed by atoms with E-state index >= 15 is 0 Å². The zero-order valence-corrected chi connectivity index (χ0v) is 11.9. The fraction of sp³-hybridized carbons (Fsp3) is 0.333. The predicted octanol–water partition coefficient (Wildman–Crippen LogP) is 1.44. The van der Waals surface area contributed by atoms with E-state index < -0.39 is 12.0 Å². The van der Waals surface area contributed by atoms with Crippen LogP contribution in [-0.2, 0) is 22.6 Å². The van der Waals surface area contributed by atoms with Gasteiger partial charge in [0.15, 0.2) is 0 Å². The molecule has 0 aliphatic heterocycles. The molecular formula is C15H19N3O3. The minimum Gasteiger partial charge on any atom is -0.480 e. The van der Waals surface area contributed by atoms with Crippen molar-refractivity contribution < 1.29 is 14.6 Å². The van der Waals surface area contributed by atoms with Gasteiger partial charge in [-0.2, -0.15) is 5.10 Å². The highest BCUT2D eigenvalue weighted by Gasteiger charge is 2.18. The molecule has 1 aromatic carbocycles. The number of benzene rings is 1. The van der Waals surface area contributed by atoms with Crippen molar-refractivity contribution in [2.24, 2.45) is 0 Å². The van der Waals surface area contributed by atoms with Crippen LogP contribution in [0.4, 0.5) is 0 Å². The maximum absolute atomic E-state index is 11.4. The standard InChI is InChI=1S/C15H19N3O3/c1-21-8-7-18-11-12(10-17-18)9-16-14(15(19)20)13-5-3-2-4-6-13/h2-6,10-11,14,16H,7-9H2,1H3,(H,19,20)/t14-/m0/s1. The summed E-state index contributed by atoms with van der Waals surface area (Å²) in [6.07, 6.45) is 3.61. The van der Waals surface area contributed by atoms with E-state index in [0.29, 0.717) is 19.7 Å². The number of hydrogen-bond donors (Lipinski definition) is 2. The van der Waals surface area contributed by atoms with Gasteiger partial charge < -0.3 is 9.84 Å². The normalized spacial score (nSPS) is 12.2. The van der Waals surface area contributed by atoms with Crippen LogP contribution in [0.2, 0.25) is 0 Å². The van der Waals surface area contributed by atoms with Gasteiger partial charge in [0.2, 0.25) is 0 Å². The lowest BCUT2D eigenvalue weighted by atomic mass is 10.1. The first kappa shape index (κ1) is 15.2. The zero-order chi connectivity index (χ0) is 15.1. The number of ether oxygens (including phenoxy) is 1. The van der Waals surface area contributed by atoms with Gasteiger partial charge in [-0.25, -0.2) is 0 Å². The molecule has 0 bridgehead atoms. The van der Waals surface area contributed by atoms with E-state index in [2.05, 4.69) is 10.4 Å². The number of carbonyl (C=O) groups is 1. The van der Waals surface area contributed by atoms with E-state index in [1.807, 2.05) is 24.4 Å². The fourth-order valence-corrected chi connectivity index (χ4v) is 2.02. The summed E-state index contributed by atoms with van der Waals surface area (Å²) in [7, 11) is 1.64. The lowest BCUT2D eigenvalue weighted by molar-refractivity contribution is -0.139. The Hall–Kier alpha value is -2.18. The highest BCUT2D eigenvalue weighted by atomic mass is 16.5. The Labute approximate surface area is 123 Å². The van der Waals surface area contributed by atoms with Gasteiger partial charge in [0, 0.05) is 25.4 Å². The number of nitrogens with zero attached hydrogens (tertiary/aromatic N) is 2. The molecule has 0 radical (unpaired) electrons. The number of nitrogens with one attached hydrogen (secondary N) is 1. The Morgan fingerprint density at radius 1 is 1.43 bits per heavy atom. The van der Waals surface area contributed by atoms with Crippen molar-refractivity contribution >= 4 is 5.97 Å². The molecule has 21 heavy (non-hydrogen) atoms. The fourth-order valence-electron chi connectivity index (χ4n) is 2.02. The van der Waals surface area contributed by atoms with E-state index in [1.54, 1.807) is 30.1 Å². The summed E-state index contributed by atoms with van der Waals surface area (Å²) in [6, 6.07) is 8.39. The van der Waals surface area contributed by atoms with Gasteiger partial charge in [0.25, 0.3) is 0 Å². The van der Waals surface area contributed by atoms with E-state index in [4.69, 9.17) is 4.74 Å². The molecule has 0 saturated carbocycles. The van der Waals surface area contributed by atoms with Gasteiger partial charge in [-0.3, -0.25) is 14.8 Å². The number of rotatable bonds is 8. The highest BCUT2D eigenvalue weighted by molar-refractivity contribution is 5.75. The van der Waals surface area contributed by atoms with Gasteiger partial charge in [0.1, 0.15) is 6.04 Å². The molecule has 0 saturated heterocycles. The predicted molar refractivity (Wildman–Crippen MR) is 77.8 cm³/mol. The van der Waals surface area contributed by atoms with Gasteiger partial charge in [-0.1, -0.05) is 30.3 Å². The first-order valence-electron chi connectivity index (χ1n) is 6.72.